The van der Waals surface area contributed by atoms with Gasteiger partial charge >= 0.3 is 0 Å². The van der Waals surface area contributed by atoms with Crippen molar-refractivity contribution in [1.82, 2.24) is 0 Å². The molecule has 2 heterocycles. The van der Waals surface area contributed by atoms with Gasteiger partial charge in [0.15, 0.2) is 0 Å². The Morgan fingerprint density at radius 3 is 2.78 bits per heavy atom. The zero-order valence-corrected chi connectivity index (χ0v) is 11.5. The second-order valence-electron chi connectivity index (χ2n) is 5.61. The van der Waals surface area contributed by atoms with Gasteiger partial charge in [-0.15, -0.1) is 0 Å². The SMILES string of the molecule is C=C(C)[C@@H]1CCCCCCc2cc(C)c(o2)[C@H]1O. The molecule has 2 atom stereocenters. The first kappa shape index (κ1) is 13.4. The molecule has 1 aliphatic rings. The predicted molar refractivity (Wildman–Crippen MR) is 73.5 cm³/mol. The largest absolute Gasteiger partial charge is 0.463 e. The van der Waals surface area contributed by atoms with Crippen molar-refractivity contribution in [3.05, 3.63) is 35.3 Å². The third-order valence-electron chi connectivity index (χ3n) is 3.98. The van der Waals surface area contributed by atoms with Gasteiger partial charge < -0.3 is 9.52 Å². The second-order valence-corrected chi connectivity index (χ2v) is 5.61. The van der Waals surface area contributed by atoms with Crippen molar-refractivity contribution >= 4 is 0 Å². The van der Waals surface area contributed by atoms with Crippen molar-refractivity contribution < 1.29 is 9.52 Å². The van der Waals surface area contributed by atoms with Crippen LogP contribution in [0, 0.1) is 12.8 Å². The number of fused-ring (bicyclic) bond motifs is 2. The van der Waals surface area contributed by atoms with Gasteiger partial charge in [-0.25, -0.2) is 0 Å². The van der Waals surface area contributed by atoms with Gasteiger partial charge in [0.2, 0.25) is 0 Å². The Morgan fingerprint density at radius 1 is 1.33 bits per heavy atom. The zero-order chi connectivity index (χ0) is 13.1. The van der Waals surface area contributed by atoms with Crippen LogP contribution in [0.25, 0.3) is 0 Å². The quantitative estimate of drug-likeness (QED) is 0.751. The summed E-state index contributed by atoms with van der Waals surface area (Å²) in [5.74, 6) is 1.89. The van der Waals surface area contributed by atoms with Gasteiger partial charge in [0.1, 0.15) is 17.6 Å². The highest BCUT2D eigenvalue weighted by molar-refractivity contribution is 5.24. The molecule has 0 aromatic carbocycles. The molecule has 0 spiro atoms. The summed E-state index contributed by atoms with van der Waals surface area (Å²) in [5.41, 5.74) is 2.13. The summed E-state index contributed by atoms with van der Waals surface area (Å²) in [5, 5.41) is 10.5. The molecule has 2 bridgehead atoms. The minimum absolute atomic E-state index is 0.126. The van der Waals surface area contributed by atoms with Crippen molar-refractivity contribution in [3.63, 3.8) is 0 Å². The van der Waals surface area contributed by atoms with Crippen molar-refractivity contribution in [1.29, 1.82) is 0 Å². The summed E-state index contributed by atoms with van der Waals surface area (Å²) in [4.78, 5) is 0. The molecule has 0 aliphatic carbocycles. The van der Waals surface area contributed by atoms with E-state index in [1.54, 1.807) is 0 Å². The van der Waals surface area contributed by atoms with Crippen LogP contribution < -0.4 is 0 Å². The number of hydrogen-bond acceptors (Lipinski definition) is 2. The number of furan rings is 1. The molecule has 0 unspecified atom stereocenters. The monoisotopic (exact) mass is 248 g/mol. The zero-order valence-electron chi connectivity index (χ0n) is 11.5. The van der Waals surface area contributed by atoms with Crippen molar-refractivity contribution in [2.24, 2.45) is 5.92 Å². The van der Waals surface area contributed by atoms with E-state index in [4.69, 9.17) is 4.42 Å². The van der Waals surface area contributed by atoms with E-state index in [-0.39, 0.29) is 5.92 Å². The normalized spacial score (nSPS) is 25.5. The highest BCUT2D eigenvalue weighted by Crippen LogP contribution is 2.35. The van der Waals surface area contributed by atoms with Crippen LogP contribution >= 0.6 is 0 Å². The van der Waals surface area contributed by atoms with Crippen LogP contribution in [-0.2, 0) is 6.42 Å². The molecule has 2 rings (SSSR count). The number of aliphatic hydroxyl groups excluding tert-OH is 1. The van der Waals surface area contributed by atoms with Crippen LogP contribution in [0.3, 0.4) is 0 Å². The Kier molecular flexibility index (Phi) is 4.28. The third-order valence-corrected chi connectivity index (χ3v) is 3.98. The summed E-state index contributed by atoms with van der Waals surface area (Å²) in [6.45, 7) is 8.06. The van der Waals surface area contributed by atoms with Crippen LogP contribution in [0.15, 0.2) is 22.6 Å². The minimum atomic E-state index is -0.533. The second kappa shape index (κ2) is 5.75. The summed E-state index contributed by atoms with van der Waals surface area (Å²) in [7, 11) is 0. The smallest absolute Gasteiger partial charge is 0.136 e. The molecule has 2 heteroatoms. The summed E-state index contributed by atoms with van der Waals surface area (Å²) < 4.78 is 5.85. The number of aryl methyl sites for hydroxylation is 2. The Hall–Kier alpha value is -1.02. The van der Waals surface area contributed by atoms with Crippen LogP contribution in [0.5, 0.6) is 0 Å². The van der Waals surface area contributed by atoms with Crippen LogP contribution in [0.4, 0.5) is 0 Å². The average Bonchev–Trinajstić information content (AvgIpc) is 2.65. The summed E-state index contributed by atoms with van der Waals surface area (Å²) in [6, 6.07) is 2.08. The Labute approximate surface area is 110 Å². The van der Waals surface area contributed by atoms with E-state index in [2.05, 4.69) is 12.6 Å². The van der Waals surface area contributed by atoms with E-state index in [0.717, 1.165) is 35.5 Å². The van der Waals surface area contributed by atoms with Gasteiger partial charge in [-0.2, -0.15) is 0 Å². The molecule has 2 nitrogen and oxygen atoms in total. The molecule has 0 saturated heterocycles. The van der Waals surface area contributed by atoms with E-state index < -0.39 is 6.10 Å². The van der Waals surface area contributed by atoms with Crippen molar-refractivity contribution in [2.75, 3.05) is 0 Å². The average molecular weight is 248 g/mol. The van der Waals surface area contributed by atoms with Crippen LogP contribution in [0.2, 0.25) is 0 Å². The molecule has 0 amide bonds. The fraction of sp³-hybridized carbons (Fsp3) is 0.625. The lowest BCUT2D eigenvalue weighted by atomic mass is 9.87. The number of rotatable bonds is 1. The van der Waals surface area contributed by atoms with E-state index in [1.807, 2.05) is 13.8 Å². The van der Waals surface area contributed by atoms with Gasteiger partial charge in [-0.3, -0.25) is 0 Å². The third kappa shape index (κ3) is 2.86. The predicted octanol–water partition coefficient (Wildman–Crippen LogP) is 4.32. The number of aliphatic hydroxyl groups is 1. The maximum absolute atomic E-state index is 10.5. The fourth-order valence-corrected chi connectivity index (χ4v) is 2.85. The van der Waals surface area contributed by atoms with Gasteiger partial charge in [0, 0.05) is 12.3 Å². The maximum Gasteiger partial charge on any atom is 0.136 e. The van der Waals surface area contributed by atoms with Gasteiger partial charge in [0.25, 0.3) is 0 Å². The first-order chi connectivity index (χ1) is 8.59. The highest BCUT2D eigenvalue weighted by atomic mass is 16.4. The van der Waals surface area contributed by atoms with E-state index in [9.17, 15) is 5.11 Å². The van der Waals surface area contributed by atoms with E-state index in [0.29, 0.717) is 0 Å². The maximum atomic E-state index is 10.5. The van der Waals surface area contributed by atoms with Crippen LogP contribution in [-0.4, -0.2) is 5.11 Å². The molecule has 0 radical (unpaired) electrons. The van der Waals surface area contributed by atoms with E-state index in [1.165, 1.54) is 25.7 Å². The molecule has 1 aromatic heterocycles. The molecule has 0 saturated carbocycles. The van der Waals surface area contributed by atoms with Crippen molar-refractivity contribution in [3.8, 4) is 0 Å². The Bertz CT molecular complexity index is 417. The molecular weight excluding hydrogens is 224 g/mol. The lowest BCUT2D eigenvalue weighted by Crippen LogP contribution is -2.14. The van der Waals surface area contributed by atoms with Crippen LogP contribution in [0.1, 0.15) is 62.2 Å². The topological polar surface area (TPSA) is 33.4 Å². The Balaban J connectivity index is 2.30. The number of hydrogen-bond donors (Lipinski definition) is 1. The summed E-state index contributed by atoms with van der Waals surface area (Å²) in [6.07, 6.45) is 6.29. The molecule has 100 valence electrons. The molecule has 1 aliphatic heterocycles. The van der Waals surface area contributed by atoms with Gasteiger partial charge in [-0.05, 0) is 38.3 Å². The highest BCUT2D eigenvalue weighted by Gasteiger charge is 2.26. The Morgan fingerprint density at radius 2 is 2.06 bits per heavy atom. The van der Waals surface area contributed by atoms with E-state index >= 15 is 0 Å². The minimum Gasteiger partial charge on any atom is -0.463 e. The first-order valence-corrected chi connectivity index (χ1v) is 7.02. The lowest BCUT2D eigenvalue weighted by Gasteiger charge is -2.22. The van der Waals surface area contributed by atoms with Gasteiger partial charge in [-0.1, -0.05) is 31.4 Å². The fourth-order valence-electron chi connectivity index (χ4n) is 2.85. The van der Waals surface area contributed by atoms with Crippen molar-refractivity contribution in [2.45, 2.75) is 58.5 Å². The standard InChI is InChI=1S/C16H24O2/c1-11(2)14-9-7-5-4-6-8-13-10-12(3)16(18-13)15(14)17/h10,14-15,17H,1,4-9H2,2-3H3/t14-,15-/m0/s1. The lowest BCUT2D eigenvalue weighted by molar-refractivity contribution is 0.0950. The first-order valence-electron chi connectivity index (χ1n) is 7.02. The molecule has 0 fully saturated rings. The molecule has 1 N–H and O–H groups in total. The van der Waals surface area contributed by atoms with Gasteiger partial charge in [0.05, 0.1) is 0 Å². The molecule has 18 heavy (non-hydrogen) atoms. The molecule has 1 aromatic rings. The molecular formula is C16H24O2. The summed E-state index contributed by atoms with van der Waals surface area (Å²) >= 11 is 0.